The average molecular weight is 369 g/mol. The van der Waals surface area contributed by atoms with E-state index in [0.717, 1.165) is 0 Å². The summed E-state index contributed by atoms with van der Waals surface area (Å²) in [4.78, 5) is -1.20. The Hall–Kier alpha value is -1.06. The molecule has 1 aromatic carbocycles. The minimum Gasteiger partial charge on any atom is -0.378 e. The second kappa shape index (κ2) is 5.86. The van der Waals surface area contributed by atoms with Gasteiger partial charge in [-0.25, -0.2) is 0 Å². The zero-order chi connectivity index (χ0) is 16.6. The molecule has 0 radical (unpaired) electrons. The van der Waals surface area contributed by atoms with E-state index in [0.29, 0.717) is 23.4 Å². The summed E-state index contributed by atoms with van der Waals surface area (Å²) in [5.74, 6) is 4.33. The lowest BCUT2D eigenvalue weighted by atomic mass is 9.88. The third kappa shape index (κ3) is 3.47. The van der Waals surface area contributed by atoms with Crippen molar-refractivity contribution in [2.45, 2.75) is 29.7 Å². The van der Waals surface area contributed by atoms with Crippen LogP contribution in [0.1, 0.15) is 18.4 Å². The highest BCUT2D eigenvalue weighted by Crippen LogP contribution is 2.53. The van der Waals surface area contributed by atoms with E-state index in [1.165, 1.54) is 0 Å². The van der Waals surface area contributed by atoms with Gasteiger partial charge in [0.15, 0.2) is 5.60 Å². The van der Waals surface area contributed by atoms with E-state index in [4.69, 9.17) is 33.6 Å². The number of halogens is 2. The summed E-state index contributed by atoms with van der Waals surface area (Å²) in [6.45, 7) is 0. The van der Waals surface area contributed by atoms with Crippen LogP contribution >= 0.6 is 23.2 Å². The summed E-state index contributed by atoms with van der Waals surface area (Å²) in [5.41, 5.74) is -1.54. The normalized spacial score (nSPS) is 20.3. The van der Waals surface area contributed by atoms with Crippen molar-refractivity contribution in [2.24, 2.45) is 10.9 Å². The lowest BCUT2D eigenvalue weighted by Crippen LogP contribution is -2.52. The van der Waals surface area contributed by atoms with Gasteiger partial charge in [0.2, 0.25) is 0 Å². The third-order valence-electron chi connectivity index (χ3n) is 3.49. The molecular weight excluding hydrogens is 355 g/mol. The van der Waals surface area contributed by atoms with Crippen LogP contribution in [0, 0.1) is 0 Å². The molecule has 1 aliphatic carbocycles. The molecule has 2 rings (SSSR count). The first-order valence-corrected chi connectivity index (χ1v) is 8.33. The molecule has 1 atom stereocenters. The summed E-state index contributed by atoms with van der Waals surface area (Å²) in [5, 5.41) is 14.4. The fourth-order valence-electron chi connectivity index (χ4n) is 2.16. The lowest BCUT2D eigenvalue weighted by Gasteiger charge is -2.32. The number of alkyl halides is 1. The summed E-state index contributed by atoms with van der Waals surface area (Å²) >= 11 is 12.3. The Labute approximate surface area is 137 Å². The van der Waals surface area contributed by atoms with Crippen molar-refractivity contribution in [3.63, 3.8) is 0 Å². The quantitative estimate of drug-likeness (QED) is 0.180. The van der Waals surface area contributed by atoms with E-state index in [2.05, 4.69) is 9.28 Å². The molecule has 122 valence electrons. The van der Waals surface area contributed by atoms with Gasteiger partial charge in [0.05, 0.1) is 4.87 Å². The van der Waals surface area contributed by atoms with Crippen molar-refractivity contribution in [3.8, 4) is 0 Å². The molecule has 0 aliphatic heterocycles. The lowest BCUT2D eigenvalue weighted by molar-refractivity contribution is 0.0810. The van der Waals surface area contributed by atoms with E-state index in [1.807, 2.05) is 0 Å². The SMILES string of the molecule is NN=C(OS(=O)(=O)O)C(O)(Cc1ccccc1Cl)C1(Cl)CC1. The van der Waals surface area contributed by atoms with Crippen molar-refractivity contribution in [3.05, 3.63) is 34.9 Å². The molecular formula is C12H14Cl2N2O5S. The number of nitrogens with zero attached hydrogens (tertiary/aromatic N) is 1. The van der Waals surface area contributed by atoms with Crippen molar-refractivity contribution in [1.29, 1.82) is 0 Å². The van der Waals surface area contributed by atoms with Crippen LogP contribution in [0.3, 0.4) is 0 Å². The fourth-order valence-corrected chi connectivity index (χ4v) is 2.99. The molecule has 22 heavy (non-hydrogen) atoms. The molecule has 1 aromatic rings. The number of aliphatic hydroxyl groups is 1. The van der Waals surface area contributed by atoms with Gasteiger partial charge >= 0.3 is 10.4 Å². The van der Waals surface area contributed by atoms with Gasteiger partial charge in [-0.05, 0) is 24.5 Å². The summed E-state index contributed by atoms with van der Waals surface area (Å²) < 4.78 is 35.0. The van der Waals surface area contributed by atoms with Crippen LogP contribution in [0.5, 0.6) is 0 Å². The molecule has 0 aromatic heterocycles. The Balaban J connectivity index is 2.43. The van der Waals surface area contributed by atoms with Gasteiger partial charge in [-0.15, -0.1) is 16.7 Å². The first-order chi connectivity index (χ1) is 10.1. The van der Waals surface area contributed by atoms with Crippen LogP contribution in [0.25, 0.3) is 0 Å². The number of hydrogen-bond acceptors (Lipinski definition) is 6. The maximum Gasteiger partial charge on any atom is 0.447 e. The van der Waals surface area contributed by atoms with Gasteiger partial charge in [-0.1, -0.05) is 29.8 Å². The number of rotatable bonds is 5. The van der Waals surface area contributed by atoms with Crippen LogP contribution in [0.15, 0.2) is 29.4 Å². The number of nitrogens with two attached hydrogens (primary N) is 1. The van der Waals surface area contributed by atoms with Gasteiger partial charge in [0, 0.05) is 11.4 Å². The maximum atomic E-state index is 10.9. The largest absolute Gasteiger partial charge is 0.447 e. The molecule has 1 saturated carbocycles. The summed E-state index contributed by atoms with van der Waals surface area (Å²) in [6, 6.07) is 6.63. The van der Waals surface area contributed by atoms with E-state index < -0.39 is 26.8 Å². The third-order valence-corrected chi connectivity index (χ3v) is 4.92. The molecule has 1 fully saturated rings. The summed E-state index contributed by atoms with van der Waals surface area (Å²) in [6.07, 6.45) is 0.606. The molecule has 1 aliphatic rings. The molecule has 0 amide bonds. The zero-order valence-electron chi connectivity index (χ0n) is 11.2. The standard InChI is InChI=1S/C12H14Cl2N2O5S/c13-9-4-2-1-3-8(9)7-12(17,11(14)5-6-11)10(16-15)21-22(18,19)20/h1-4,17H,5-7,15H2,(H,18,19,20). The topological polar surface area (TPSA) is 122 Å². The monoisotopic (exact) mass is 368 g/mol. The van der Waals surface area contributed by atoms with E-state index in [1.54, 1.807) is 24.3 Å². The van der Waals surface area contributed by atoms with Crippen molar-refractivity contribution < 1.29 is 22.3 Å². The Kier molecular flexibility index (Phi) is 4.61. The summed E-state index contributed by atoms with van der Waals surface area (Å²) in [7, 11) is -4.92. The van der Waals surface area contributed by atoms with Crippen molar-refractivity contribution in [2.75, 3.05) is 0 Å². The Morgan fingerprint density at radius 2 is 2.05 bits per heavy atom. The molecule has 0 bridgehead atoms. The zero-order valence-corrected chi connectivity index (χ0v) is 13.6. The molecule has 4 N–H and O–H groups in total. The van der Waals surface area contributed by atoms with Crippen molar-refractivity contribution in [1.82, 2.24) is 0 Å². The molecule has 0 saturated heterocycles. The smallest absolute Gasteiger partial charge is 0.378 e. The number of benzene rings is 1. The number of hydrogen-bond donors (Lipinski definition) is 3. The van der Waals surface area contributed by atoms with Crippen LogP contribution < -0.4 is 5.84 Å². The molecule has 0 spiro atoms. The van der Waals surface area contributed by atoms with Crippen molar-refractivity contribution >= 4 is 39.5 Å². The minimum absolute atomic E-state index is 0.179. The maximum absolute atomic E-state index is 10.9. The predicted molar refractivity (Wildman–Crippen MR) is 82.2 cm³/mol. The first-order valence-electron chi connectivity index (χ1n) is 6.21. The van der Waals surface area contributed by atoms with Crippen LogP contribution in [-0.2, 0) is 21.0 Å². The predicted octanol–water partition coefficient (Wildman–Crippen LogP) is 1.48. The molecule has 1 unspecified atom stereocenters. The highest BCUT2D eigenvalue weighted by molar-refractivity contribution is 7.81. The van der Waals surface area contributed by atoms with Gasteiger partial charge in [0.25, 0.3) is 5.90 Å². The van der Waals surface area contributed by atoms with E-state index in [-0.39, 0.29) is 6.42 Å². The Morgan fingerprint density at radius 1 is 1.45 bits per heavy atom. The average Bonchev–Trinajstić information content (AvgIpc) is 3.17. The highest BCUT2D eigenvalue weighted by Gasteiger charge is 2.62. The van der Waals surface area contributed by atoms with Crippen LogP contribution in [0.2, 0.25) is 5.02 Å². The highest BCUT2D eigenvalue weighted by atomic mass is 35.5. The Morgan fingerprint density at radius 3 is 2.50 bits per heavy atom. The first kappa shape index (κ1) is 17.3. The van der Waals surface area contributed by atoms with Crippen LogP contribution in [-0.4, -0.2) is 34.5 Å². The molecule has 10 heteroatoms. The molecule has 7 nitrogen and oxygen atoms in total. The van der Waals surface area contributed by atoms with Gasteiger partial charge < -0.3 is 15.1 Å². The number of hydrazone groups is 1. The second-order valence-corrected chi connectivity index (χ2v) is 7.19. The molecule has 0 heterocycles. The van der Waals surface area contributed by atoms with Gasteiger partial charge in [0.1, 0.15) is 0 Å². The Bertz CT molecular complexity index is 705. The van der Waals surface area contributed by atoms with Gasteiger partial charge in [-0.2, -0.15) is 8.42 Å². The van der Waals surface area contributed by atoms with Gasteiger partial charge in [-0.3, -0.25) is 4.55 Å². The minimum atomic E-state index is -4.92. The van der Waals surface area contributed by atoms with E-state index in [9.17, 15) is 13.5 Å². The van der Waals surface area contributed by atoms with E-state index >= 15 is 0 Å². The fraction of sp³-hybridized carbons (Fsp3) is 0.417. The van der Waals surface area contributed by atoms with Crippen LogP contribution in [0.4, 0.5) is 0 Å². The second-order valence-electron chi connectivity index (χ2n) is 5.04.